The molecule has 130 valence electrons. The molecule has 0 saturated carbocycles. The number of fused-ring (bicyclic) bond motifs is 1. The summed E-state index contributed by atoms with van der Waals surface area (Å²) in [6.07, 6.45) is 4.72. The van der Waals surface area contributed by atoms with Crippen molar-refractivity contribution in [2.75, 3.05) is 26.3 Å². The molecule has 25 heavy (non-hydrogen) atoms. The van der Waals surface area contributed by atoms with Gasteiger partial charge in [0.05, 0.1) is 31.4 Å². The van der Waals surface area contributed by atoms with E-state index >= 15 is 0 Å². The molecule has 2 aromatic heterocycles. The number of nitrogens with zero attached hydrogens (tertiary/aromatic N) is 4. The van der Waals surface area contributed by atoms with Gasteiger partial charge in [-0.1, -0.05) is 0 Å². The molecule has 0 radical (unpaired) electrons. The van der Waals surface area contributed by atoms with E-state index in [0.717, 1.165) is 32.7 Å². The molecule has 0 aromatic carbocycles. The van der Waals surface area contributed by atoms with Crippen LogP contribution in [0.15, 0.2) is 29.9 Å². The number of thiazole rings is 1. The third kappa shape index (κ3) is 3.82. The Kier molecular flexibility index (Phi) is 4.92. The van der Waals surface area contributed by atoms with E-state index in [1.54, 1.807) is 23.5 Å². The van der Waals surface area contributed by atoms with E-state index in [1.165, 1.54) is 11.2 Å². The van der Waals surface area contributed by atoms with Crippen LogP contribution in [-0.4, -0.2) is 47.3 Å². The van der Waals surface area contributed by atoms with Crippen molar-refractivity contribution < 1.29 is 9.47 Å². The van der Waals surface area contributed by atoms with E-state index in [-0.39, 0.29) is 0 Å². The standard InChI is InChI=1S/C18H20N4O2S/c19-7-13-1-2-17(21-8-13)23-5-3-14-12-24-16-10-22(9-15(14)16)11-18-20-4-6-25-18/h1-2,4,6,8,14-16H,3,5,9-12H2/t14-,15-,16-/m1/s1. The fourth-order valence-electron chi connectivity index (χ4n) is 3.68. The molecule has 0 N–H and O–H groups in total. The molecule has 0 bridgehead atoms. The number of pyridine rings is 1. The van der Waals surface area contributed by atoms with Gasteiger partial charge in [-0.2, -0.15) is 5.26 Å². The van der Waals surface area contributed by atoms with Crippen LogP contribution in [-0.2, 0) is 11.3 Å². The number of aromatic nitrogens is 2. The van der Waals surface area contributed by atoms with E-state index in [1.807, 2.05) is 11.6 Å². The summed E-state index contributed by atoms with van der Waals surface area (Å²) in [5, 5.41) is 12.0. The second kappa shape index (κ2) is 7.48. The van der Waals surface area contributed by atoms with Gasteiger partial charge in [-0.05, 0) is 18.4 Å². The van der Waals surface area contributed by atoms with Gasteiger partial charge in [0.15, 0.2) is 0 Å². The quantitative estimate of drug-likeness (QED) is 0.791. The Morgan fingerprint density at radius 1 is 1.36 bits per heavy atom. The Morgan fingerprint density at radius 3 is 3.08 bits per heavy atom. The topological polar surface area (TPSA) is 71.3 Å². The second-order valence-corrected chi connectivity index (χ2v) is 7.53. The van der Waals surface area contributed by atoms with Crippen molar-refractivity contribution in [1.82, 2.24) is 14.9 Å². The third-order valence-corrected chi connectivity index (χ3v) is 5.73. The lowest BCUT2D eigenvalue weighted by molar-refractivity contribution is 0.0922. The largest absolute Gasteiger partial charge is 0.478 e. The maximum atomic E-state index is 8.79. The predicted octanol–water partition coefficient (Wildman–Crippen LogP) is 2.33. The maximum Gasteiger partial charge on any atom is 0.213 e. The fourth-order valence-corrected chi connectivity index (χ4v) is 4.33. The first-order valence-electron chi connectivity index (χ1n) is 8.53. The third-order valence-electron chi connectivity index (χ3n) is 4.96. The molecule has 4 heterocycles. The number of ether oxygens (including phenoxy) is 2. The van der Waals surface area contributed by atoms with E-state index in [2.05, 4.69) is 20.9 Å². The van der Waals surface area contributed by atoms with E-state index in [9.17, 15) is 0 Å². The Balaban J connectivity index is 1.25. The van der Waals surface area contributed by atoms with Crippen molar-refractivity contribution in [3.05, 3.63) is 40.5 Å². The summed E-state index contributed by atoms with van der Waals surface area (Å²) < 4.78 is 11.7. The molecule has 2 fully saturated rings. The second-order valence-electron chi connectivity index (χ2n) is 6.55. The molecule has 2 aliphatic heterocycles. The first-order valence-corrected chi connectivity index (χ1v) is 9.41. The highest BCUT2D eigenvalue weighted by Gasteiger charge is 2.43. The molecular formula is C18H20N4O2S. The van der Waals surface area contributed by atoms with Gasteiger partial charge in [0.2, 0.25) is 5.88 Å². The molecular weight excluding hydrogens is 336 g/mol. The van der Waals surface area contributed by atoms with Crippen molar-refractivity contribution in [3.8, 4) is 11.9 Å². The summed E-state index contributed by atoms with van der Waals surface area (Å²) in [5.41, 5.74) is 0.547. The summed E-state index contributed by atoms with van der Waals surface area (Å²) in [5.74, 6) is 1.69. The Labute approximate surface area is 151 Å². The predicted molar refractivity (Wildman–Crippen MR) is 93.2 cm³/mol. The lowest BCUT2D eigenvalue weighted by Crippen LogP contribution is -2.24. The zero-order valence-electron chi connectivity index (χ0n) is 13.9. The number of nitriles is 1. The number of likely N-dealkylation sites (tertiary alicyclic amines) is 1. The van der Waals surface area contributed by atoms with Gasteiger partial charge in [-0.15, -0.1) is 11.3 Å². The van der Waals surface area contributed by atoms with E-state index in [4.69, 9.17) is 14.7 Å². The summed E-state index contributed by atoms with van der Waals surface area (Å²) in [6.45, 7) is 4.45. The fraction of sp³-hybridized carbons (Fsp3) is 0.500. The Hall–Kier alpha value is -2.01. The van der Waals surface area contributed by atoms with Gasteiger partial charge in [0.1, 0.15) is 11.1 Å². The lowest BCUT2D eigenvalue weighted by atomic mass is 9.91. The minimum Gasteiger partial charge on any atom is -0.478 e. The molecule has 2 saturated heterocycles. The van der Waals surface area contributed by atoms with Gasteiger partial charge >= 0.3 is 0 Å². The van der Waals surface area contributed by atoms with Crippen molar-refractivity contribution >= 4 is 11.3 Å². The van der Waals surface area contributed by atoms with Crippen molar-refractivity contribution in [2.24, 2.45) is 11.8 Å². The van der Waals surface area contributed by atoms with Crippen LogP contribution in [0, 0.1) is 23.2 Å². The minimum atomic E-state index is 0.345. The van der Waals surface area contributed by atoms with Gasteiger partial charge in [-0.3, -0.25) is 4.90 Å². The number of rotatable bonds is 6. The lowest BCUT2D eigenvalue weighted by Gasteiger charge is -2.18. The summed E-state index contributed by atoms with van der Waals surface area (Å²) >= 11 is 1.71. The van der Waals surface area contributed by atoms with Crippen LogP contribution in [0.1, 0.15) is 17.0 Å². The van der Waals surface area contributed by atoms with Gasteiger partial charge < -0.3 is 9.47 Å². The molecule has 0 amide bonds. The highest BCUT2D eigenvalue weighted by molar-refractivity contribution is 7.09. The van der Waals surface area contributed by atoms with Crippen molar-refractivity contribution in [1.29, 1.82) is 5.26 Å². The van der Waals surface area contributed by atoms with Gasteiger partial charge in [0, 0.05) is 42.8 Å². The highest BCUT2D eigenvalue weighted by Crippen LogP contribution is 2.36. The van der Waals surface area contributed by atoms with Gasteiger partial charge in [0.25, 0.3) is 0 Å². The van der Waals surface area contributed by atoms with Crippen molar-refractivity contribution in [3.63, 3.8) is 0 Å². The molecule has 4 rings (SSSR count). The highest BCUT2D eigenvalue weighted by atomic mass is 32.1. The zero-order chi connectivity index (χ0) is 17.1. The Bertz CT molecular complexity index is 729. The molecule has 2 aromatic rings. The van der Waals surface area contributed by atoms with Crippen LogP contribution in [0.4, 0.5) is 0 Å². The SMILES string of the molecule is N#Cc1ccc(OCC[C@@H]2CO[C@@H]3CN(Cc4nccs4)C[C@H]23)nc1. The molecule has 2 aliphatic rings. The molecule has 7 heteroatoms. The zero-order valence-corrected chi connectivity index (χ0v) is 14.7. The average Bonchev–Trinajstić information content (AvgIpc) is 3.35. The van der Waals surface area contributed by atoms with Crippen molar-refractivity contribution in [2.45, 2.75) is 19.1 Å². The smallest absolute Gasteiger partial charge is 0.213 e. The van der Waals surface area contributed by atoms with Crippen LogP contribution in [0.25, 0.3) is 0 Å². The van der Waals surface area contributed by atoms with Crippen LogP contribution >= 0.6 is 11.3 Å². The monoisotopic (exact) mass is 356 g/mol. The minimum absolute atomic E-state index is 0.345. The van der Waals surface area contributed by atoms with E-state index in [0.29, 0.717) is 36.0 Å². The summed E-state index contributed by atoms with van der Waals surface area (Å²) in [6, 6.07) is 5.53. The first-order chi connectivity index (χ1) is 12.3. The molecule has 0 aliphatic carbocycles. The van der Waals surface area contributed by atoms with E-state index < -0.39 is 0 Å². The average molecular weight is 356 g/mol. The number of hydrogen-bond donors (Lipinski definition) is 0. The molecule has 3 atom stereocenters. The van der Waals surface area contributed by atoms with Crippen LogP contribution in [0.5, 0.6) is 5.88 Å². The molecule has 6 nitrogen and oxygen atoms in total. The Morgan fingerprint density at radius 2 is 2.32 bits per heavy atom. The molecule has 0 unspecified atom stereocenters. The summed E-state index contributed by atoms with van der Waals surface area (Å²) in [4.78, 5) is 11.0. The summed E-state index contributed by atoms with van der Waals surface area (Å²) in [7, 11) is 0. The molecule has 0 spiro atoms. The van der Waals surface area contributed by atoms with Crippen LogP contribution < -0.4 is 4.74 Å². The van der Waals surface area contributed by atoms with Gasteiger partial charge in [-0.25, -0.2) is 9.97 Å². The normalized spacial score (nSPS) is 25.6. The maximum absolute atomic E-state index is 8.79. The first kappa shape index (κ1) is 16.5. The number of hydrogen-bond acceptors (Lipinski definition) is 7. The van der Waals surface area contributed by atoms with Crippen LogP contribution in [0.2, 0.25) is 0 Å². The van der Waals surface area contributed by atoms with Crippen LogP contribution in [0.3, 0.4) is 0 Å².